The quantitative estimate of drug-likeness (QED) is 0.237. The minimum absolute atomic E-state index is 0.0770. The first-order valence-corrected chi connectivity index (χ1v) is 17.7. The van der Waals surface area contributed by atoms with E-state index in [0.717, 1.165) is 72.3 Å². The first-order chi connectivity index (χ1) is 24.3. The van der Waals surface area contributed by atoms with E-state index in [9.17, 15) is 19.5 Å². The van der Waals surface area contributed by atoms with Crippen LogP contribution in [0.5, 0.6) is 0 Å². The van der Waals surface area contributed by atoms with E-state index < -0.39 is 0 Å². The Bertz CT molecular complexity index is 2160. The Kier molecular flexibility index (Phi) is 9.35. The summed E-state index contributed by atoms with van der Waals surface area (Å²) in [6, 6.07) is 27.3. The van der Waals surface area contributed by atoms with Crippen molar-refractivity contribution in [2.45, 2.75) is 52.4 Å². The van der Waals surface area contributed by atoms with Gasteiger partial charge >= 0.3 is 0 Å². The summed E-state index contributed by atoms with van der Waals surface area (Å²) in [5.41, 5.74) is 6.79. The van der Waals surface area contributed by atoms with E-state index in [1.807, 2.05) is 84.9 Å². The topological polar surface area (TPSA) is 105 Å². The molecule has 2 N–H and O–H groups in total. The average molecular weight is 667 g/mol. The van der Waals surface area contributed by atoms with Crippen LogP contribution in [0.3, 0.4) is 0 Å². The van der Waals surface area contributed by atoms with Crippen molar-refractivity contribution in [3.05, 3.63) is 129 Å². The van der Waals surface area contributed by atoms with Crippen molar-refractivity contribution >= 4 is 45.8 Å². The number of benzene rings is 4. The van der Waals surface area contributed by atoms with E-state index in [0.29, 0.717) is 35.0 Å². The third kappa shape index (κ3) is 6.45. The predicted octanol–water partition coefficient (Wildman–Crippen LogP) is 3.78. The SMILES string of the molecule is CCN1CCc2cc(C3=C([O-])/C(=c4/cc5c(cc4NC(=O)CCc4ccccc4)=[N+](CC)CC5)C3=O)c(NC(=O)CCc3ccccc3)cc21. The maximum atomic E-state index is 14.2. The van der Waals surface area contributed by atoms with Crippen molar-refractivity contribution < 1.29 is 19.5 Å². The number of aryl methyl sites for hydroxylation is 2. The molecule has 0 atom stereocenters. The van der Waals surface area contributed by atoms with Gasteiger partial charge in [0.2, 0.25) is 17.2 Å². The average Bonchev–Trinajstić information content (AvgIpc) is 3.73. The van der Waals surface area contributed by atoms with Crippen LogP contribution < -0.4 is 35.8 Å². The molecule has 254 valence electrons. The maximum Gasteiger partial charge on any atom is 0.224 e. The second-order valence-electron chi connectivity index (χ2n) is 13.2. The number of carbonyl (C=O) groups excluding carboxylic acids is 3. The van der Waals surface area contributed by atoms with Crippen molar-refractivity contribution in [1.29, 1.82) is 0 Å². The number of carbonyl (C=O) groups is 3. The molecule has 8 nitrogen and oxygen atoms in total. The summed E-state index contributed by atoms with van der Waals surface area (Å²) < 4.78 is 2.24. The number of allylic oxidation sites excluding steroid dienone is 2. The van der Waals surface area contributed by atoms with Crippen molar-refractivity contribution in [3.63, 3.8) is 0 Å². The van der Waals surface area contributed by atoms with Crippen LogP contribution in [0, 0.1) is 0 Å². The van der Waals surface area contributed by atoms with Gasteiger partial charge in [0.05, 0.1) is 11.4 Å². The molecule has 7 rings (SSSR count). The molecule has 4 aromatic carbocycles. The maximum absolute atomic E-state index is 14.2. The molecule has 0 bridgehead atoms. The van der Waals surface area contributed by atoms with Gasteiger partial charge in [-0.05, 0) is 68.0 Å². The molecule has 1 aliphatic carbocycles. The number of Topliss-reactive ketones (excluding diaryl/α,β-unsaturated/α-hetero) is 1. The monoisotopic (exact) mass is 666 g/mol. The van der Waals surface area contributed by atoms with E-state index in [4.69, 9.17) is 0 Å². The Balaban J connectivity index is 1.26. The van der Waals surface area contributed by atoms with Gasteiger partial charge in [0.15, 0.2) is 5.78 Å². The standard InChI is InChI=1S/C42H42N4O4/c1-3-45-21-19-29-23-31(33(25-35(29)45)43-37(47)17-15-27-11-7-5-8-12-27)39-41(49)40(42(39)50)32-24-30-20-22-46(4-2)36(30)26-34(32)44-38(48)18-16-28-13-9-6-10-14-28/h5-14,23-26H,3-4,15-22H2,1-2H3,(H2,43,44,47,48,49,50). The van der Waals surface area contributed by atoms with Crippen LogP contribution in [0.2, 0.25) is 0 Å². The second-order valence-corrected chi connectivity index (χ2v) is 13.2. The second kappa shape index (κ2) is 14.2. The lowest BCUT2D eigenvalue weighted by atomic mass is 9.80. The van der Waals surface area contributed by atoms with Gasteiger partial charge in [-0.15, -0.1) is 0 Å². The summed E-state index contributed by atoms with van der Waals surface area (Å²) in [5.74, 6) is -1.10. The molecular weight excluding hydrogens is 624 g/mol. The molecule has 0 saturated carbocycles. The highest BCUT2D eigenvalue weighted by molar-refractivity contribution is 6.52. The molecule has 4 aromatic rings. The minimum atomic E-state index is -0.370. The first-order valence-electron chi connectivity index (χ1n) is 17.7. The number of nitrogens with zero attached hydrogens (tertiary/aromatic N) is 2. The number of anilines is 3. The summed E-state index contributed by atoms with van der Waals surface area (Å²) in [6.07, 6.45) is 3.28. The van der Waals surface area contributed by atoms with E-state index in [2.05, 4.69) is 34.0 Å². The van der Waals surface area contributed by atoms with Crippen molar-refractivity contribution in [2.75, 3.05) is 41.7 Å². The summed E-state index contributed by atoms with van der Waals surface area (Å²) in [4.78, 5) is 42.9. The number of ketones is 1. The normalized spacial score (nSPS) is 15.9. The number of hydrogen-bond donors (Lipinski definition) is 2. The van der Waals surface area contributed by atoms with Gasteiger partial charge < -0.3 is 20.6 Å². The van der Waals surface area contributed by atoms with Crippen molar-refractivity contribution in [2.24, 2.45) is 0 Å². The minimum Gasteiger partial charge on any atom is -0.871 e. The lowest BCUT2D eigenvalue weighted by Gasteiger charge is -2.32. The number of fused-ring (bicyclic) bond motifs is 2. The van der Waals surface area contributed by atoms with Crippen molar-refractivity contribution in [3.8, 4) is 0 Å². The van der Waals surface area contributed by atoms with Gasteiger partial charge in [0.1, 0.15) is 13.1 Å². The summed E-state index contributed by atoms with van der Waals surface area (Å²) >= 11 is 0. The van der Waals surface area contributed by atoms with E-state index in [1.54, 1.807) is 0 Å². The van der Waals surface area contributed by atoms with Crippen LogP contribution in [-0.2, 0) is 40.1 Å². The summed E-state index contributed by atoms with van der Waals surface area (Å²) in [5, 5.41) is 21.7. The lowest BCUT2D eigenvalue weighted by molar-refractivity contribution is -0.292. The van der Waals surface area contributed by atoms with E-state index in [-0.39, 0.29) is 47.3 Å². The van der Waals surface area contributed by atoms with Crippen molar-refractivity contribution in [1.82, 2.24) is 4.58 Å². The van der Waals surface area contributed by atoms with Gasteiger partial charge in [0.25, 0.3) is 0 Å². The lowest BCUT2D eigenvalue weighted by Crippen LogP contribution is -2.36. The number of amides is 2. The molecule has 0 fully saturated rings. The highest BCUT2D eigenvalue weighted by Gasteiger charge is 2.34. The van der Waals surface area contributed by atoms with Crippen LogP contribution in [0.4, 0.5) is 17.1 Å². The zero-order valence-corrected chi connectivity index (χ0v) is 28.7. The molecule has 0 spiro atoms. The highest BCUT2D eigenvalue weighted by atomic mass is 16.3. The molecule has 8 heteroatoms. The molecule has 2 heterocycles. The first kappa shape index (κ1) is 33.0. The Morgan fingerprint density at radius 3 is 2.02 bits per heavy atom. The van der Waals surface area contributed by atoms with Gasteiger partial charge in [-0.3, -0.25) is 14.4 Å². The fourth-order valence-electron chi connectivity index (χ4n) is 7.40. The molecule has 50 heavy (non-hydrogen) atoms. The predicted molar refractivity (Wildman–Crippen MR) is 196 cm³/mol. The molecule has 0 saturated heterocycles. The number of likely N-dealkylation sites (N-methyl/N-ethyl adjacent to an activating group) is 2. The Morgan fingerprint density at radius 2 is 1.42 bits per heavy atom. The largest absolute Gasteiger partial charge is 0.871 e. The number of nitrogens with one attached hydrogen (secondary N) is 2. The molecule has 0 aromatic heterocycles. The summed E-state index contributed by atoms with van der Waals surface area (Å²) in [6.45, 7) is 7.47. The van der Waals surface area contributed by atoms with Crippen LogP contribution in [-0.4, -0.2) is 43.8 Å². The van der Waals surface area contributed by atoms with E-state index >= 15 is 0 Å². The Labute approximate surface area is 292 Å². The Hall–Kier alpha value is -5.50. The molecule has 2 aliphatic heterocycles. The smallest absolute Gasteiger partial charge is 0.224 e. The number of hydrogen-bond acceptors (Lipinski definition) is 5. The molecule has 0 unspecified atom stereocenters. The fourth-order valence-corrected chi connectivity index (χ4v) is 7.40. The van der Waals surface area contributed by atoms with Crippen LogP contribution in [0.15, 0.2) is 90.7 Å². The third-order valence-corrected chi connectivity index (χ3v) is 10.1. The third-order valence-electron chi connectivity index (χ3n) is 10.1. The van der Waals surface area contributed by atoms with Crippen LogP contribution in [0.1, 0.15) is 54.5 Å². The molecule has 2 amide bonds. The highest BCUT2D eigenvalue weighted by Crippen LogP contribution is 2.42. The summed E-state index contributed by atoms with van der Waals surface area (Å²) in [7, 11) is 0. The van der Waals surface area contributed by atoms with Gasteiger partial charge in [0, 0.05) is 71.6 Å². The molecule has 0 radical (unpaired) electrons. The zero-order chi connectivity index (χ0) is 34.8. The van der Waals surface area contributed by atoms with Gasteiger partial charge in [-0.2, -0.15) is 0 Å². The van der Waals surface area contributed by atoms with Gasteiger partial charge in [-0.1, -0.05) is 66.4 Å². The fraction of sp³-hybridized carbons (Fsp3) is 0.286. The van der Waals surface area contributed by atoms with Crippen LogP contribution in [0.25, 0.3) is 11.1 Å². The van der Waals surface area contributed by atoms with Gasteiger partial charge in [-0.25, -0.2) is 4.58 Å². The Morgan fingerprint density at radius 1 is 0.780 bits per heavy atom. The number of rotatable bonds is 11. The van der Waals surface area contributed by atoms with Crippen LogP contribution >= 0.6 is 0 Å². The molecule has 3 aliphatic rings. The zero-order valence-electron chi connectivity index (χ0n) is 28.7. The molecular formula is C42H42N4O4. The van der Waals surface area contributed by atoms with E-state index in [1.165, 1.54) is 0 Å².